The number of nitrogens with zero attached hydrogens (tertiary/aromatic N) is 1. The molecule has 0 bridgehead atoms. The van der Waals surface area contributed by atoms with Crippen LogP contribution < -0.4 is 4.74 Å². The van der Waals surface area contributed by atoms with E-state index < -0.39 is 17.2 Å². The third-order valence-corrected chi connectivity index (χ3v) is 4.63. The van der Waals surface area contributed by atoms with E-state index >= 15 is 0 Å². The fourth-order valence-electron chi connectivity index (χ4n) is 3.11. The summed E-state index contributed by atoms with van der Waals surface area (Å²) in [5.74, 6) is -1.95. The van der Waals surface area contributed by atoms with Gasteiger partial charge in [-0.25, -0.2) is 9.18 Å². The number of carboxylic acids is 1. The van der Waals surface area contributed by atoms with Gasteiger partial charge in [-0.2, -0.15) is 0 Å². The number of hydrogen-bond acceptors (Lipinski definition) is 5. The van der Waals surface area contributed by atoms with Gasteiger partial charge in [0.15, 0.2) is 0 Å². The maximum absolute atomic E-state index is 14.4. The van der Waals surface area contributed by atoms with Gasteiger partial charge < -0.3 is 24.2 Å². The molecule has 1 fully saturated rings. The van der Waals surface area contributed by atoms with E-state index in [1.54, 1.807) is 11.8 Å². The van der Waals surface area contributed by atoms with Crippen molar-refractivity contribution in [2.45, 2.75) is 19.5 Å². The highest BCUT2D eigenvalue weighted by molar-refractivity contribution is 5.88. The molecule has 2 heterocycles. The van der Waals surface area contributed by atoms with Crippen molar-refractivity contribution < 1.29 is 33.3 Å². The quantitative estimate of drug-likeness (QED) is 0.878. The average Bonchev–Trinajstić information content (AvgIpc) is 2.70. The molecule has 8 heteroatoms. The molecule has 3 rings (SSSR count). The predicted octanol–water partition coefficient (Wildman–Crippen LogP) is 1.30. The number of fused-ring (bicyclic) bond motifs is 1. The zero-order valence-corrected chi connectivity index (χ0v) is 14.1. The maximum atomic E-state index is 14.4. The molecule has 0 aliphatic carbocycles. The number of halogens is 1. The van der Waals surface area contributed by atoms with Crippen LogP contribution in [0.3, 0.4) is 0 Å². The second-order valence-electron chi connectivity index (χ2n) is 6.54. The number of benzene rings is 1. The highest BCUT2D eigenvalue weighted by Crippen LogP contribution is 2.35. The third-order valence-electron chi connectivity index (χ3n) is 4.63. The van der Waals surface area contributed by atoms with Gasteiger partial charge >= 0.3 is 5.97 Å². The van der Waals surface area contributed by atoms with E-state index in [1.807, 2.05) is 0 Å². The first-order valence-corrected chi connectivity index (χ1v) is 7.94. The molecule has 1 atom stereocenters. The van der Waals surface area contributed by atoms with Crippen LogP contribution in [-0.2, 0) is 20.8 Å². The summed E-state index contributed by atoms with van der Waals surface area (Å²) in [6.45, 7) is 2.70. The van der Waals surface area contributed by atoms with Crippen molar-refractivity contribution >= 4 is 11.9 Å². The van der Waals surface area contributed by atoms with Crippen LogP contribution in [0.4, 0.5) is 4.39 Å². The molecular formula is C17H20FNO6. The molecule has 1 amide bonds. The van der Waals surface area contributed by atoms with E-state index in [-0.39, 0.29) is 61.8 Å². The topological polar surface area (TPSA) is 85.3 Å². The van der Waals surface area contributed by atoms with Gasteiger partial charge in [0.25, 0.3) is 0 Å². The Morgan fingerprint density at radius 2 is 2.16 bits per heavy atom. The van der Waals surface area contributed by atoms with E-state index in [2.05, 4.69) is 0 Å². The Labute approximate surface area is 144 Å². The number of carbonyl (C=O) groups excluding carboxylic acids is 1. The van der Waals surface area contributed by atoms with E-state index in [1.165, 1.54) is 13.2 Å². The Morgan fingerprint density at radius 1 is 1.44 bits per heavy atom. The normalized spacial score (nSPS) is 21.6. The standard InChI is InChI=1S/C17H20FNO6/c1-10-6-25-14-4-11(15(20)21)3-13(18)12(14)5-19(10)16(22)17(7-23-2)8-24-9-17/h3-4,10H,5-9H2,1-2H3,(H,20,21)/t10-/m0/s1. The van der Waals surface area contributed by atoms with Crippen molar-refractivity contribution in [3.63, 3.8) is 0 Å². The molecule has 25 heavy (non-hydrogen) atoms. The van der Waals surface area contributed by atoms with Crippen LogP contribution in [0.25, 0.3) is 0 Å². The number of carbonyl (C=O) groups is 2. The fraction of sp³-hybridized carbons (Fsp3) is 0.529. The van der Waals surface area contributed by atoms with Crippen LogP contribution in [0.5, 0.6) is 5.75 Å². The molecular weight excluding hydrogens is 333 g/mol. The Morgan fingerprint density at radius 3 is 2.72 bits per heavy atom. The monoisotopic (exact) mass is 353 g/mol. The fourth-order valence-corrected chi connectivity index (χ4v) is 3.11. The van der Waals surface area contributed by atoms with E-state index in [4.69, 9.17) is 19.3 Å². The molecule has 0 saturated carbocycles. The molecule has 0 aromatic heterocycles. The first kappa shape index (κ1) is 17.6. The minimum atomic E-state index is -1.24. The summed E-state index contributed by atoms with van der Waals surface area (Å²) in [7, 11) is 1.52. The largest absolute Gasteiger partial charge is 0.491 e. The second kappa shape index (κ2) is 6.61. The van der Waals surface area contributed by atoms with Crippen molar-refractivity contribution in [3.8, 4) is 5.75 Å². The molecule has 7 nitrogen and oxygen atoms in total. The Kier molecular flexibility index (Phi) is 4.66. The zero-order chi connectivity index (χ0) is 18.2. The number of carboxylic acid groups (broad SMARTS) is 1. The lowest BCUT2D eigenvalue weighted by atomic mass is 9.84. The Hall–Kier alpha value is -2.19. The lowest BCUT2D eigenvalue weighted by molar-refractivity contribution is -0.185. The molecule has 1 saturated heterocycles. The molecule has 1 aromatic rings. The second-order valence-corrected chi connectivity index (χ2v) is 6.54. The summed E-state index contributed by atoms with van der Waals surface area (Å²) in [5, 5.41) is 9.06. The van der Waals surface area contributed by atoms with Gasteiger partial charge in [-0.3, -0.25) is 4.79 Å². The number of rotatable bonds is 4. The van der Waals surface area contributed by atoms with Crippen LogP contribution in [0, 0.1) is 11.2 Å². The average molecular weight is 353 g/mol. The van der Waals surface area contributed by atoms with Crippen LogP contribution in [0.2, 0.25) is 0 Å². The van der Waals surface area contributed by atoms with Gasteiger partial charge in [-0.1, -0.05) is 0 Å². The van der Waals surface area contributed by atoms with Crippen molar-refractivity contribution in [3.05, 3.63) is 29.1 Å². The zero-order valence-electron chi connectivity index (χ0n) is 14.1. The van der Waals surface area contributed by atoms with Crippen LogP contribution in [0.1, 0.15) is 22.8 Å². The van der Waals surface area contributed by atoms with Gasteiger partial charge in [0.05, 0.1) is 38.0 Å². The highest BCUT2D eigenvalue weighted by Gasteiger charge is 2.49. The van der Waals surface area contributed by atoms with E-state index in [0.717, 1.165) is 6.07 Å². The maximum Gasteiger partial charge on any atom is 0.335 e. The predicted molar refractivity (Wildman–Crippen MR) is 84.0 cm³/mol. The van der Waals surface area contributed by atoms with Gasteiger partial charge in [0.2, 0.25) is 5.91 Å². The minimum Gasteiger partial charge on any atom is -0.491 e. The number of methoxy groups -OCH3 is 1. The number of hydrogen-bond donors (Lipinski definition) is 1. The van der Waals surface area contributed by atoms with Gasteiger partial charge in [-0.15, -0.1) is 0 Å². The van der Waals surface area contributed by atoms with Crippen molar-refractivity contribution in [2.75, 3.05) is 33.5 Å². The SMILES string of the molecule is COCC1(C(=O)N2Cc3c(F)cc(C(=O)O)cc3OC[C@@H]2C)COC1. The Balaban J connectivity index is 1.93. The summed E-state index contributed by atoms with van der Waals surface area (Å²) in [5.41, 5.74) is -0.771. The molecule has 136 valence electrons. The lowest BCUT2D eigenvalue weighted by Gasteiger charge is -2.43. The van der Waals surface area contributed by atoms with Crippen molar-refractivity contribution in [1.29, 1.82) is 0 Å². The van der Waals surface area contributed by atoms with Crippen LogP contribution >= 0.6 is 0 Å². The lowest BCUT2D eigenvalue weighted by Crippen LogP contribution is -2.59. The van der Waals surface area contributed by atoms with Crippen LogP contribution in [-0.4, -0.2) is 61.5 Å². The molecule has 2 aliphatic heterocycles. The van der Waals surface area contributed by atoms with Gasteiger partial charge in [0.1, 0.15) is 23.6 Å². The van der Waals surface area contributed by atoms with Gasteiger partial charge in [-0.05, 0) is 19.1 Å². The van der Waals surface area contributed by atoms with Crippen molar-refractivity contribution in [1.82, 2.24) is 4.90 Å². The molecule has 0 spiro atoms. The molecule has 0 unspecified atom stereocenters. The van der Waals surface area contributed by atoms with E-state index in [0.29, 0.717) is 0 Å². The van der Waals surface area contributed by atoms with Crippen LogP contribution in [0.15, 0.2) is 12.1 Å². The molecule has 1 aromatic carbocycles. The number of ether oxygens (including phenoxy) is 3. The summed E-state index contributed by atoms with van der Waals surface area (Å²) < 4.78 is 30.4. The molecule has 2 aliphatic rings. The number of amides is 1. The molecule has 1 N–H and O–H groups in total. The van der Waals surface area contributed by atoms with E-state index in [9.17, 15) is 14.0 Å². The molecule has 0 radical (unpaired) electrons. The first-order chi connectivity index (χ1) is 11.9. The summed E-state index contributed by atoms with van der Waals surface area (Å²) >= 11 is 0. The van der Waals surface area contributed by atoms with Gasteiger partial charge in [0, 0.05) is 12.7 Å². The third kappa shape index (κ3) is 3.07. The number of aromatic carboxylic acids is 1. The smallest absolute Gasteiger partial charge is 0.335 e. The highest BCUT2D eigenvalue weighted by atomic mass is 19.1. The first-order valence-electron chi connectivity index (χ1n) is 7.94. The summed E-state index contributed by atoms with van der Waals surface area (Å²) in [6.07, 6.45) is 0. The minimum absolute atomic E-state index is 0.00648. The summed E-state index contributed by atoms with van der Waals surface area (Å²) in [6, 6.07) is 1.93. The summed E-state index contributed by atoms with van der Waals surface area (Å²) in [4.78, 5) is 25.7. The Bertz CT molecular complexity index is 703. The van der Waals surface area contributed by atoms with Crippen molar-refractivity contribution in [2.24, 2.45) is 5.41 Å².